The average molecular weight is 421 g/mol. The second-order valence-electron chi connectivity index (χ2n) is 11.5. The first-order valence-electron chi connectivity index (χ1n) is 12.5. The maximum atomic E-state index is 11.1. The molecule has 0 aromatic carbocycles. The summed E-state index contributed by atoms with van der Waals surface area (Å²) in [5.74, 6) is 1.22. The number of aliphatic hydroxyl groups is 3. The first kappa shape index (κ1) is 21.2. The maximum absolute atomic E-state index is 11.1. The van der Waals surface area contributed by atoms with Crippen LogP contribution in [-0.2, 0) is 4.74 Å². The average Bonchev–Trinajstić information content (AvgIpc) is 3.04. The Bertz CT molecular complexity index is 755. The molecule has 1 unspecified atom stereocenters. The monoisotopic (exact) mass is 420 g/mol. The van der Waals surface area contributed by atoms with E-state index in [1.165, 1.54) is 5.57 Å². The van der Waals surface area contributed by atoms with Gasteiger partial charge in [-0.25, -0.2) is 0 Å². The smallest absolute Gasteiger partial charge is 0.0661 e. The van der Waals surface area contributed by atoms with Crippen LogP contribution in [-0.4, -0.2) is 45.8 Å². The molecule has 9 atom stereocenters. The molecule has 3 saturated carbocycles. The lowest BCUT2D eigenvalue weighted by atomic mass is 9.49. The minimum absolute atomic E-state index is 0.160. The molecule has 0 heterocycles. The Labute approximate surface area is 183 Å². The quantitative estimate of drug-likeness (QED) is 0.617. The zero-order valence-electron chi connectivity index (χ0n) is 20.4. The molecule has 4 rings (SSSR count). The zero-order valence-corrected chi connectivity index (χ0v) is 19.4. The van der Waals surface area contributed by atoms with Crippen molar-refractivity contribution in [2.24, 2.45) is 28.6 Å². The van der Waals surface area contributed by atoms with Crippen LogP contribution in [0, 0.1) is 28.6 Å². The zero-order chi connectivity index (χ0) is 22.8. The molecule has 0 aromatic heterocycles. The third-order valence-corrected chi connectivity index (χ3v) is 9.19. The van der Waals surface area contributed by atoms with E-state index in [9.17, 15) is 15.3 Å². The maximum Gasteiger partial charge on any atom is 0.0661 e. The molecule has 170 valence electrons. The van der Waals surface area contributed by atoms with Gasteiger partial charge in [0.25, 0.3) is 0 Å². The standard InChI is InChI=1S/C26H42O4/c1-16(30-13-12-24(2,3)29)20-8-9-21-19-7-6-17-14-18(27)15-23(28)26(17,5)22(19)10-11-25(20,21)4/h6-7,16,18,20-23,27-29H,8-15H2,1-5H3/t16-,18+,20+,21-,22-,23-,25+,26-/m0/s1/i15T/t15?,16-,18+,20+,21-,22-,23-,25+,26-. The summed E-state index contributed by atoms with van der Waals surface area (Å²) in [6.07, 6.45) is 7.68. The Hall–Kier alpha value is -0.680. The highest BCUT2D eigenvalue weighted by Gasteiger charge is 2.59. The Kier molecular flexibility index (Phi) is 5.45. The van der Waals surface area contributed by atoms with Crippen molar-refractivity contribution in [3.05, 3.63) is 23.3 Å². The molecule has 3 fully saturated rings. The Morgan fingerprint density at radius 2 is 1.93 bits per heavy atom. The van der Waals surface area contributed by atoms with Crippen LogP contribution in [0.4, 0.5) is 0 Å². The summed E-state index contributed by atoms with van der Waals surface area (Å²) in [6, 6.07) is 0. The van der Waals surface area contributed by atoms with Gasteiger partial charge in [-0.05, 0) is 82.5 Å². The Morgan fingerprint density at radius 3 is 2.63 bits per heavy atom. The fourth-order valence-electron chi connectivity index (χ4n) is 7.28. The van der Waals surface area contributed by atoms with Crippen molar-refractivity contribution in [3.8, 4) is 0 Å². The summed E-state index contributed by atoms with van der Waals surface area (Å²) < 4.78 is 14.6. The van der Waals surface area contributed by atoms with Gasteiger partial charge in [0.2, 0.25) is 0 Å². The Balaban J connectivity index is 1.55. The third kappa shape index (κ3) is 3.62. The van der Waals surface area contributed by atoms with E-state index in [-0.39, 0.29) is 17.4 Å². The van der Waals surface area contributed by atoms with Gasteiger partial charge < -0.3 is 20.1 Å². The second-order valence-corrected chi connectivity index (χ2v) is 11.5. The Morgan fingerprint density at radius 1 is 1.20 bits per heavy atom. The van der Waals surface area contributed by atoms with Gasteiger partial charge in [0.05, 0.1) is 23.9 Å². The van der Waals surface area contributed by atoms with Crippen molar-refractivity contribution in [1.29, 1.82) is 0 Å². The molecule has 4 nitrogen and oxygen atoms in total. The van der Waals surface area contributed by atoms with Crippen LogP contribution < -0.4 is 0 Å². The number of fused-ring (bicyclic) bond motifs is 5. The van der Waals surface area contributed by atoms with Crippen molar-refractivity contribution in [2.45, 2.75) is 103 Å². The molecule has 30 heavy (non-hydrogen) atoms. The minimum atomic E-state index is -0.838. The van der Waals surface area contributed by atoms with Crippen molar-refractivity contribution in [3.63, 3.8) is 0 Å². The lowest BCUT2D eigenvalue weighted by Crippen LogP contribution is -2.52. The van der Waals surface area contributed by atoms with Gasteiger partial charge >= 0.3 is 0 Å². The molecule has 0 bridgehead atoms. The molecule has 4 heteroatoms. The number of hydrogen-bond donors (Lipinski definition) is 3. The number of hydrogen-bond acceptors (Lipinski definition) is 4. The van der Waals surface area contributed by atoms with Gasteiger partial charge in [-0.2, -0.15) is 0 Å². The van der Waals surface area contributed by atoms with E-state index in [1.54, 1.807) is 0 Å². The first-order chi connectivity index (χ1) is 14.4. The first-order valence-corrected chi connectivity index (χ1v) is 11.9. The number of aliphatic hydroxyl groups excluding tert-OH is 2. The van der Waals surface area contributed by atoms with E-state index < -0.39 is 29.6 Å². The lowest BCUT2D eigenvalue weighted by molar-refractivity contribution is -0.0690. The summed E-state index contributed by atoms with van der Waals surface area (Å²) in [4.78, 5) is 0. The lowest BCUT2D eigenvalue weighted by Gasteiger charge is -2.56. The van der Waals surface area contributed by atoms with Gasteiger partial charge in [0.1, 0.15) is 0 Å². The van der Waals surface area contributed by atoms with Crippen molar-refractivity contribution < 1.29 is 21.4 Å². The van der Waals surface area contributed by atoms with Gasteiger partial charge in [-0.3, -0.25) is 0 Å². The summed E-state index contributed by atoms with van der Waals surface area (Å²) in [7, 11) is 0. The predicted octanol–water partition coefficient (Wildman–Crippen LogP) is 4.38. The van der Waals surface area contributed by atoms with Crippen molar-refractivity contribution in [2.75, 3.05) is 6.61 Å². The molecular weight excluding hydrogens is 376 g/mol. The molecule has 0 amide bonds. The van der Waals surface area contributed by atoms with E-state index in [2.05, 4.69) is 32.9 Å². The molecule has 0 radical (unpaired) electrons. The van der Waals surface area contributed by atoms with Crippen LogP contribution in [0.2, 0.25) is 0 Å². The fraction of sp³-hybridized carbons (Fsp3) is 0.846. The summed E-state index contributed by atoms with van der Waals surface area (Å²) in [5.41, 5.74) is 1.61. The molecule has 0 spiro atoms. The van der Waals surface area contributed by atoms with Crippen LogP contribution in [0.1, 0.15) is 80.9 Å². The van der Waals surface area contributed by atoms with Gasteiger partial charge in [-0.1, -0.05) is 37.1 Å². The highest BCUT2D eigenvalue weighted by atomic mass is 16.5. The normalized spacial score (nSPS) is 47.4. The van der Waals surface area contributed by atoms with Crippen LogP contribution in [0.3, 0.4) is 0 Å². The SMILES string of the molecule is [3H]C1[C@H](O)CC2=CC=C3[C@@H]4CC[C@H]([C@H](C)OCCC(C)(C)O)[C@@]4(C)CC[C@@H]3[C@@]2(C)[C@H]1O. The van der Waals surface area contributed by atoms with Crippen LogP contribution in [0.15, 0.2) is 23.3 Å². The van der Waals surface area contributed by atoms with Crippen molar-refractivity contribution in [1.82, 2.24) is 0 Å². The van der Waals surface area contributed by atoms with Gasteiger partial charge in [0, 0.05) is 19.8 Å². The largest absolute Gasteiger partial charge is 0.393 e. The van der Waals surface area contributed by atoms with Crippen molar-refractivity contribution >= 4 is 0 Å². The van der Waals surface area contributed by atoms with E-state index in [4.69, 9.17) is 6.11 Å². The predicted molar refractivity (Wildman–Crippen MR) is 119 cm³/mol. The molecule has 3 N–H and O–H groups in total. The van der Waals surface area contributed by atoms with E-state index in [0.29, 0.717) is 31.3 Å². The second kappa shape index (κ2) is 7.72. The van der Waals surface area contributed by atoms with E-state index in [0.717, 1.165) is 31.3 Å². The minimum Gasteiger partial charge on any atom is -0.393 e. The van der Waals surface area contributed by atoms with E-state index >= 15 is 0 Å². The van der Waals surface area contributed by atoms with Crippen LogP contribution in [0.5, 0.6) is 0 Å². The van der Waals surface area contributed by atoms with Gasteiger partial charge in [-0.15, -0.1) is 0 Å². The van der Waals surface area contributed by atoms with E-state index in [1.807, 2.05) is 13.8 Å². The summed E-state index contributed by atoms with van der Waals surface area (Å²) in [5, 5.41) is 31.4. The summed E-state index contributed by atoms with van der Waals surface area (Å²) in [6.45, 7) is 11.0. The molecule has 0 aromatic rings. The third-order valence-electron chi connectivity index (χ3n) is 9.19. The molecule has 0 saturated heterocycles. The molecule has 4 aliphatic rings. The molecular formula is C26H42O4. The highest BCUT2D eigenvalue weighted by molar-refractivity contribution is 5.40. The number of ether oxygens (including phenoxy) is 1. The topological polar surface area (TPSA) is 69.9 Å². The van der Waals surface area contributed by atoms with Crippen LogP contribution >= 0.6 is 0 Å². The van der Waals surface area contributed by atoms with Gasteiger partial charge in [0.15, 0.2) is 0 Å². The number of allylic oxidation sites excluding steroid dienone is 3. The summed E-state index contributed by atoms with van der Waals surface area (Å²) >= 11 is 0. The number of rotatable bonds is 5. The highest BCUT2D eigenvalue weighted by Crippen LogP contribution is 2.65. The molecule has 4 aliphatic carbocycles. The molecule has 0 aliphatic heterocycles. The fourth-order valence-corrected chi connectivity index (χ4v) is 7.28. The van der Waals surface area contributed by atoms with Crippen LogP contribution in [0.25, 0.3) is 0 Å².